The van der Waals surface area contributed by atoms with E-state index in [-0.39, 0.29) is 12.1 Å². The van der Waals surface area contributed by atoms with E-state index in [0.29, 0.717) is 0 Å². The van der Waals surface area contributed by atoms with E-state index < -0.39 is 7.81 Å². The zero-order chi connectivity index (χ0) is 13.7. The number of halogens is 6. The molecule has 0 saturated carbocycles. The van der Waals surface area contributed by atoms with Crippen molar-refractivity contribution < 1.29 is 36.0 Å². The molecule has 104 valence electrons. The molecule has 2 nitrogen and oxygen atoms in total. The molecule has 0 atom stereocenters. The molecule has 4 N–H and O–H groups in total. The molecule has 0 fully saturated rings. The SMILES string of the molecule is CCC([NH3+])(CC)CCO.F[P-](F)(F)(F)(F)F. The van der Waals surface area contributed by atoms with Gasteiger partial charge < -0.3 is 10.8 Å². The average molecular weight is 277 g/mol. The van der Waals surface area contributed by atoms with Crippen LogP contribution in [0.5, 0.6) is 0 Å². The van der Waals surface area contributed by atoms with Crippen molar-refractivity contribution in [1.29, 1.82) is 0 Å². The van der Waals surface area contributed by atoms with Crippen LogP contribution in [0, 0.1) is 0 Å². The third-order valence-corrected chi connectivity index (χ3v) is 2.14. The van der Waals surface area contributed by atoms with Crippen LogP contribution in [0.3, 0.4) is 0 Å². The van der Waals surface area contributed by atoms with Crippen LogP contribution in [-0.2, 0) is 0 Å². The zero-order valence-electron chi connectivity index (χ0n) is 9.20. The second-order valence-corrected chi connectivity index (χ2v) is 5.56. The Bertz CT molecular complexity index is 196. The van der Waals surface area contributed by atoms with Gasteiger partial charge in [0.1, 0.15) is 0 Å². The first-order valence-corrected chi connectivity index (χ1v) is 6.69. The summed E-state index contributed by atoms with van der Waals surface area (Å²) < 4.78 is 59.2. The first-order valence-electron chi connectivity index (χ1n) is 4.66. The summed E-state index contributed by atoms with van der Waals surface area (Å²) in [5.74, 6) is 0. The maximum absolute atomic E-state index is 10.7. The summed E-state index contributed by atoms with van der Waals surface area (Å²) >= 11 is 0. The molecule has 0 heterocycles. The van der Waals surface area contributed by atoms with Crippen LogP contribution in [0.25, 0.3) is 0 Å². The van der Waals surface area contributed by atoms with Gasteiger partial charge in [-0.05, 0) is 12.8 Å². The van der Waals surface area contributed by atoms with Gasteiger partial charge in [-0.3, -0.25) is 0 Å². The molecule has 0 aliphatic heterocycles. The molecule has 0 bridgehead atoms. The number of quaternary nitrogens is 1. The van der Waals surface area contributed by atoms with Crippen LogP contribution >= 0.6 is 7.81 Å². The van der Waals surface area contributed by atoms with Gasteiger partial charge in [-0.15, -0.1) is 0 Å². The van der Waals surface area contributed by atoms with Gasteiger partial charge in [0.15, 0.2) is 0 Å². The summed E-state index contributed by atoms with van der Waals surface area (Å²) in [6, 6.07) is 0. The summed E-state index contributed by atoms with van der Waals surface area (Å²) in [7, 11) is -10.7. The number of hydrogen-bond acceptors (Lipinski definition) is 1. The van der Waals surface area contributed by atoms with Crippen molar-refractivity contribution in [2.75, 3.05) is 6.61 Å². The Morgan fingerprint density at radius 2 is 1.25 bits per heavy atom. The maximum atomic E-state index is 9.87. The monoisotopic (exact) mass is 277 g/mol. The molecule has 0 saturated heterocycles. The van der Waals surface area contributed by atoms with Gasteiger partial charge in [0.25, 0.3) is 0 Å². The Labute approximate surface area is 90.1 Å². The van der Waals surface area contributed by atoms with E-state index >= 15 is 0 Å². The third kappa shape index (κ3) is 23.6. The summed E-state index contributed by atoms with van der Waals surface area (Å²) in [4.78, 5) is 0. The summed E-state index contributed by atoms with van der Waals surface area (Å²) in [6.07, 6.45) is 2.95. The Hall–Kier alpha value is -0.0700. The summed E-state index contributed by atoms with van der Waals surface area (Å²) in [5.41, 5.74) is 4.17. The summed E-state index contributed by atoms with van der Waals surface area (Å²) in [5, 5.41) is 8.62. The molecule has 0 radical (unpaired) electrons. The molecular weight excluding hydrogens is 259 g/mol. The number of hydrogen-bond donors (Lipinski definition) is 2. The molecule has 0 amide bonds. The molecule has 0 aliphatic carbocycles. The van der Waals surface area contributed by atoms with Crippen LogP contribution in [-0.4, -0.2) is 17.3 Å². The Kier molecular flexibility index (Phi) is 5.33. The van der Waals surface area contributed by atoms with E-state index in [0.717, 1.165) is 19.3 Å². The van der Waals surface area contributed by atoms with Crippen LogP contribution in [0.15, 0.2) is 0 Å². The predicted molar refractivity (Wildman–Crippen MR) is 51.5 cm³/mol. The molecule has 0 aromatic heterocycles. The van der Waals surface area contributed by atoms with Crippen molar-refractivity contribution in [3.05, 3.63) is 0 Å². The fourth-order valence-electron chi connectivity index (χ4n) is 0.841. The molecule has 0 aliphatic rings. The molecular formula is C7H18F6NOP. The number of aliphatic hydroxyl groups excluding tert-OH is 1. The fourth-order valence-corrected chi connectivity index (χ4v) is 0.841. The van der Waals surface area contributed by atoms with Crippen LogP contribution < -0.4 is 5.73 Å². The average Bonchev–Trinajstić information content (AvgIpc) is 1.99. The second-order valence-electron chi connectivity index (χ2n) is 3.64. The Balaban J connectivity index is 0. The quantitative estimate of drug-likeness (QED) is 0.599. The second kappa shape index (κ2) is 4.66. The molecule has 16 heavy (non-hydrogen) atoms. The molecule has 0 aromatic rings. The topological polar surface area (TPSA) is 47.9 Å². The van der Waals surface area contributed by atoms with Crippen LogP contribution in [0.2, 0.25) is 0 Å². The van der Waals surface area contributed by atoms with Gasteiger partial charge in [-0.25, -0.2) is 0 Å². The Morgan fingerprint density at radius 3 is 1.31 bits per heavy atom. The van der Waals surface area contributed by atoms with Crippen LogP contribution in [0.4, 0.5) is 25.2 Å². The van der Waals surface area contributed by atoms with E-state index in [9.17, 15) is 25.2 Å². The van der Waals surface area contributed by atoms with Gasteiger partial charge in [0.05, 0.1) is 5.54 Å². The molecule has 0 aromatic carbocycles. The molecule has 0 unspecified atom stereocenters. The van der Waals surface area contributed by atoms with Gasteiger partial charge in [-0.2, -0.15) is 0 Å². The first kappa shape index (κ1) is 18.3. The van der Waals surface area contributed by atoms with E-state index in [2.05, 4.69) is 19.6 Å². The fraction of sp³-hybridized carbons (Fsp3) is 1.00. The third-order valence-electron chi connectivity index (χ3n) is 2.14. The molecule has 0 spiro atoms. The van der Waals surface area contributed by atoms with Crippen molar-refractivity contribution in [3.63, 3.8) is 0 Å². The minimum absolute atomic E-state index is 0.134. The standard InChI is InChI=1S/C7H17NO.F6P/c1-3-7(8,4-2)5-6-9;1-7(2,3,4,5)6/h9H,3-6,8H2,1-2H3;/q;-1/p+1. The number of rotatable bonds is 4. The molecule has 9 heteroatoms. The van der Waals surface area contributed by atoms with Crippen molar-refractivity contribution >= 4 is 7.81 Å². The summed E-state index contributed by atoms with van der Waals surface area (Å²) in [6.45, 7) is 4.50. The normalized spacial score (nSPS) is 16.9. The Morgan fingerprint density at radius 1 is 1.00 bits per heavy atom. The van der Waals surface area contributed by atoms with E-state index in [1.807, 2.05) is 0 Å². The first-order chi connectivity index (χ1) is 6.63. The predicted octanol–water partition coefficient (Wildman–Crippen LogP) is 3.55. The van der Waals surface area contributed by atoms with Gasteiger partial charge in [0.2, 0.25) is 0 Å². The number of aliphatic hydroxyl groups is 1. The molecule has 0 rings (SSSR count). The van der Waals surface area contributed by atoms with E-state index in [4.69, 9.17) is 5.11 Å². The van der Waals surface area contributed by atoms with Gasteiger partial charge >= 0.3 is 33.0 Å². The van der Waals surface area contributed by atoms with Gasteiger partial charge in [-0.1, -0.05) is 13.8 Å². The van der Waals surface area contributed by atoms with Crippen molar-refractivity contribution in [2.24, 2.45) is 0 Å². The van der Waals surface area contributed by atoms with Crippen LogP contribution in [0.1, 0.15) is 33.1 Å². The van der Waals surface area contributed by atoms with Crippen molar-refractivity contribution in [2.45, 2.75) is 38.6 Å². The zero-order valence-corrected chi connectivity index (χ0v) is 10.1. The van der Waals surface area contributed by atoms with Crippen molar-refractivity contribution in [1.82, 2.24) is 0 Å². The minimum atomic E-state index is -10.7. The van der Waals surface area contributed by atoms with Gasteiger partial charge in [0, 0.05) is 13.0 Å². The van der Waals surface area contributed by atoms with E-state index in [1.165, 1.54) is 0 Å². The van der Waals surface area contributed by atoms with E-state index in [1.54, 1.807) is 0 Å². The van der Waals surface area contributed by atoms with Crippen molar-refractivity contribution in [3.8, 4) is 0 Å².